The molecule has 2 nitrogen and oxygen atoms in total. The van der Waals surface area contributed by atoms with Crippen molar-refractivity contribution in [3.05, 3.63) is 47.0 Å². The molecule has 0 saturated heterocycles. The molecule has 2 aromatic rings. The zero-order valence-electron chi connectivity index (χ0n) is 12.5. The molecule has 0 spiro atoms. The summed E-state index contributed by atoms with van der Waals surface area (Å²) in [4.78, 5) is 0. The Balaban J connectivity index is 2.55. The number of benzene rings is 2. The third-order valence-electron chi connectivity index (χ3n) is 3.46. The van der Waals surface area contributed by atoms with Gasteiger partial charge in [-0.2, -0.15) is 0 Å². The van der Waals surface area contributed by atoms with Crippen LogP contribution in [0.4, 0.5) is 0 Å². The molecule has 0 aliphatic carbocycles. The molecule has 0 heterocycles. The lowest BCUT2D eigenvalue weighted by Gasteiger charge is -2.17. The quantitative estimate of drug-likeness (QED) is 0.768. The van der Waals surface area contributed by atoms with E-state index in [2.05, 4.69) is 6.92 Å². The van der Waals surface area contributed by atoms with Crippen LogP contribution in [0, 0.1) is 0 Å². The van der Waals surface area contributed by atoms with E-state index >= 15 is 0 Å². The van der Waals surface area contributed by atoms with Gasteiger partial charge in [-0.1, -0.05) is 55.3 Å². The molecule has 1 N–H and O–H groups in total. The first-order valence-electron chi connectivity index (χ1n) is 7.41. The second-order valence-electron chi connectivity index (χ2n) is 4.96. The van der Waals surface area contributed by atoms with Crippen LogP contribution in [-0.2, 0) is 6.42 Å². The molecular weight excluding hydrogens is 284 g/mol. The van der Waals surface area contributed by atoms with Gasteiger partial charge in [-0.15, -0.1) is 0 Å². The van der Waals surface area contributed by atoms with E-state index in [9.17, 15) is 5.11 Å². The molecule has 2 rings (SSSR count). The van der Waals surface area contributed by atoms with Crippen LogP contribution in [0.15, 0.2) is 36.4 Å². The van der Waals surface area contributed by atoms with Crippen molar-refractivity contribution in [2.24, 2.45) is 0 Å². The summed E-state index contributed by atoms with van der Waals surface area (Å²) in [5, 5.41) is 11.2. The summed E-state index contributed by atoms with van der Waals surface area (Å²) in [6.45, 7) is 4.53. The third kappa shape index (κ3) is 3.51. The summed E-state index contributed by atoms with van der Waals surface area (Å²) in [7, 11) is 0. The number of phenolic OH excluding ortho intramolecular Hbond substituents is 1. The second kappa shape index (κ2) is 7.37. The number of hydrogen-bond donors (Lipinski definition) is 1. The summed E-state index contributed by atoms with van der Waals surface area (Å²) < 4.78 is 5.69. The Hall–Kier alpha value is -1.67. The van der Waals surface area contributed by atoms with E-state index in [4.69, 9.17) is 16.3 Å². The van der Waals surface area contributed by atoms with Gasteiger partial charge in [-0.05, 0) is 31.4 Å². The van der Waals surface area contributed by atoms with Crippen molar-refractivity contribution in [3.8, 4) is 22.6 Å². The zero-order valence-corrected chi connectivity index (χ0v) is 13.3. The van der Waals surface area contributed by atoms with Gasteiger partial charge in [0.25, 0.3) is 0 Å². The van der Waals surface area contributed by atoms with Gasteiger partial charge < -0.3 is 9.84 Å². The molecule has 3 heteroatoms. The van der Waals surface area contributed by atoms with E-state index < -0.39 is 0 Å². The average molecular weight is 305 g/mol. The van der Waals surface area contributed by atoms with E-state index in [1.165, 1.54) is 0 Å². The van der Waals surface area contributed by atoms with Crippen LogP contribution in [0.5, 0.6) is 11.5 Å². The van der Waals surface area contributed by atoms with E-state index in [-0.39, 0.29) is 5.75 Å². The highest BCUT2D eigenvalue weighted by Gasteiger charge is 2.18. The Morgan fingerprint density at radius 3 is 2.48 bits per heavy atom. The maximum Gasteiger partial charge on any atom is 0.169 e. The lowest BCUT2D eigenvalue weighted by molar-refractivity contribution is 0.318. The first-order valence-corrected chi connectivity index (χ1v) is 7.79. The number of rotatable bonds is 6. The van der Waals surface area contributed by atoms with E-state index in [0.717, 1.165) is 36.0 Å². The Kier molecular flexibility index (Phi) is 5.51. The maximum absolute atomic E-state index is 10.6. The van der Waals surface area contributed by atoms with Crippen molar-refractivity contribution in [1.29, 1.82) is 0 Å². The van der Waals surface area contributed by atoms with Gasteiger partial charge in [0.1, 0.15) is 0 Å². The lowest BCUT2D eigenvalue weighted by atomic mass is 9.99. The first-order chi connectivity index (χ1) is 10.2. The number of aromatic hydroxyl groups is 1. The molecule has 0 radical (unpaired) electrons. The van der Waals surface area contributed by atoms with Gasteiger partial charge in [-0.3, -0.25) is 0 Å². The summed E-state index contributed by atoms with van der Waals surface area (Å²) in [6, 6.07) is 11.7. The van der Waals surface area contributed by atoms with Crippen LogP contribution in [-0.4, -0.2) is 11.7 Å². The van der Waals surface area contributed by atoms with Crippen molar-refractivity contribution >= 4 is 11.6 Å². The molecule has 0 amide bonds. The molecule has 0 aliphatic rings. The first kappa shape index (κ1) is 15.7. The molecule has 0 bridgehead atoms. The van der Waals surface area contributed by atoms with E-state index in [1.807, 2.05) is 43.3 Å². The fourth-order valence-electron chi connectivity index (χ4n) is 2.37. The van der Waals surface area contributed by atoms with Crippen LogP contribution in [0.3, 0.4) is 0 Å². The van der Waals surface area contributed by atoms with Crippen LogP contribution in [0.25, 0.3) is 11.1 Å². The standard InChI is InChI=1S/C18H21ClO2/c1-3-5-11-14-16(19)12-15(13-9-7-6-8-10-13)18(17(14)20)21-4-2/h6-10,12,20H,3-5,11H2,1-2H3. The van der Waals surface area contributed by atoms with Crippen LogP contribution in [0.1, 0.15) is 32.3 Å². The molecule has 21 heavy (non-hydrogen) atoms. The summed E-state index contributed by atoms with van der Waals surface area (Å²) in [5.41, 5.74) is 2.60. The van der Waals surface area contributed by atoms with Gasteiger partial charge in [-0.25, -0.2) is 0 Å². The van der Waals surface area contributed by atoms with Gasteiger partial charge >= 0.3 is 0 Å². The highest BCUT2D eigenvalue weighted by molar-refractivity contribution is 6.32. The number of halogens is 1. The maximum atomic E-state index is 10.6. The molecule has 0 atom stereocenters. The van der Waals surface area contributed by atoms with Crippen LogP contribution >= 0.6 is 11.6 Å². The number of unbranched alkanes of at least 4 members (excludes halogenated alkanes) is 1. The minimum absolute atomic E-state index is 0.177. The number of hydrogen-bond acceptors (Lipinski definition) is 2. The molecule has 0 unspecified atom stereocenters. The van der Waals surface area contributed by atoms with Crippen LogP contribution < -0.4 is 4.74 Å². The Labute approximate surface area is 131 Å². The largest absolute Gasteiger partial charge is 0.504 e. The predicted molar refractivity (Wildman–Crippen MR) is 88.3 cm³/mol. The second-order valence-corrected chi connectivity index (χ2v) is 5.37. The highest BCUT2D eigenvalue weighted by Crippen LogP contribution is 2.44. The van der Waals surface area contributed by atoms with Gasteiger partial charge in [0.2, 0.25) is 0 Å². The molecule has 2 aromatic carbocycles. The fourth-order valence-corrected chi connectivity index (χ4v) is 2.66. The molecule has 0 aliphatic heterocycles. The molecule has 0 fully saturated rings. The van der Waals surface area contributed by atoms with Gasteiger partial charge in [0.05, 0.1) is 6.61 Å². The third-order valence-corrected chi connectivity index (χ3v) is 3.80. The Bertz CT molecular complexity index is 594. The molecule has 112 valence electrons. The predicted octanol–water partition coefficient (Wildman–Crippen LogP) is 5.45. The summed E-state index contributed by atoms with van der Waals surface area (Å²) in [6.07, 6.45) is 2.81. The Morgan fingerprint density at radius 2 is 1.86 bits per heavy atom. The van der Waals surface area contributed by atoms with Crippen LogP contribution in [0.2, 0.25) is 5.02 Å². The van der Waals surface area contributed by atoms with E-state index in [1.54, 1.807) is 0 Å². The Morgan fingerprint density at radius 1 is 1.14 bits per heavy atom. The number of phenols is 1. The van der Waals surface area contributed by atoms with E-state index in [0.29, 0.717) is 17.4 Å². The topological polar surface area (TPSA) is 29.5 Å². The monoisotopic (exact) mass is 304 g/mol. The zero-order chi connectivity index (χ0) is 15.2. The minimum Gasteiger partial charge on any atom is -0.504 e. The van der Waals surface area contributed by atoms with Gasteiger partial charge in [0.15, 0.2) is 11.5 Å². The normalized spacial score (nSPS) is 10.6. The van der Waals surface area contributed by atoms with Crippen molar-refractivity contribution in [2.75, 3.05) is 6.61 Å². The van der Waals surface area contributed by atoms with Crippen molar-refractivity contribution < 1.29 is 9.84 Å². The summed E-state index contributed by atoms with van der Waals surface area (Å²) >= 11 is 6.38. The van der Waals surface area contributed by atoms with Crippen molar-refractivity contribution in [1.82, 2.24) is 0 Å². The van der Waals surface area contributed by atoms with Crippen molar-refractivity contribution in [2.45, 2.75) is 33.1 Å². The number of ether oxygens (including phenoxy) is 1. The molecule has 0 aromatic heterocycles. The summed E-state index contributed by atoms with van der Waals surface area (Å²) in [5.74, 6) is 0.704. The molecular formula is C18H21ClO2. The van der Waals surface area contributed by atoms with Crippen molar-refractivity contribution in [3.63, 3.8) is 0 Å². The highest BCUT2D eigenvalue weighted by atomic mass is 35.5. The molecule has 0 saturated carbocycles. The van der Waals surface area contributed by atoms with Gasteiger partial charge in [0, 0.05) is 16.1 Å². The SMILES string of the molecule is CCCCc1c(Cl)cc(-c2ccccc2)c(OCC)c1O. The lowest BCUT2D eigenvalue weighted by Crippen LogP contribution is -1.98. The fraction of sp³-hybridized carbons (Fsp3) is 0.333. The minimum atomic E-state index is 0.177. The smallest absolute Gasteiger partial charge is 0.169 e. The average Bonchev–Trinajstić information content (AvgIpc) is 2.50.